The van der Waals surface area contributed by atoms with Crippen LogP contribution in [0.3, 0.4) is 0 Å². The van der Waals surface area contributed by atoms with Crippen molar-refractivity contribution in [1.82, 2.24) is 10.3 Å². The highest BCUT2D eigenvalue weighted by Crippen LogP contribution is 2.33. The Morgan fingerprint density at radius 2 is 1.62 bits per heavy atom. The lowest BCUT2D eigenvalue weighted by Crippen LogP contribution is -2.49. The number of nitrogens with two attached hydrogens (primary N) is 1. The Hall–Kier alpha value is 0.460. The molecule has 0 aromatic rings. The summed E-state index contributed by atoms with van der Waals surface area (Å²) < 4.78 is 0. The number of halogens is 2. The first-order chi connectivity index (χ1) is 5.31. The van der Waals surface area contributed by atoms with Crippen molar-refractivity contribution < 1.29 is 0 Å². The maximum Gasteiger partial charge on any atom is 0.0240 e. The van der Waals surface area contributed by atoms with Crippen molar-refractivity contribution in [2.45, 2.75) is 43.8 Å². The summed E-state index contributed by atoms with van der Waals surface area (Å²) in [7, 11) is 2.25. The Balaban J connectivity index is 0.000000720. The second kappa shape index (κ2) is 5.37. The molecule has 5 heteroatoms. The van der Waals surface area contributed by atoms with Crippen LogP contribution in [-0.4, -0.2) is 30.1 Å². The summed E-state index contributed by atoms with van der Waals surface area (Å²) in [5.74, 6) is 5.43. The van der Waals surface area contributed by atoms with Crippen LogP contribution in [0.2, 0.25) is 0 Å². The molecule has 2 atom stereocenters. The topological polar surface area (TPSA) is 41.3 Å². The number of piperidine rings is 1. The van der Waals surface area contributed by atoms with Crippen molar-refractivity contribution >= 4 is 24.8 Å². The van der Waals surface area contributed by atoms with Crippen LogP contribution in [0, 0.1) is 0 Å². The van der Waals surface area contributed by atoms with Gasteiger partial charge in [-0.3, -0.25) is 11.3 Å². The molecule has 0 spiro atoms. The minimum atomic E-state index is 0. The van der Waals surface area contributed by atoms with Crippen molar-refractivity contribution in [3.05, 3.63) is 0 Å². The van der Waals surface area contributed by atoms with Crippen LogP contribution >= 0.6 is 24.8 Å². The van der Waals surface area contributed by atoms with E-state index in [1.807, 2.05) is 0 Å². The molecule has 2 heterocycles. The molecule has 2 unspecified atom stereocenters. The fraction of sp³-hybridized carbons (Fsp3) is 1.00. The monoisotopic (exact) mass is 227 g/mol. The summed E-state index contributed by atoms with van der Waals surface area (Å²) in [4.78, 5) is 2.52. The van der Waals surface area contributed by atoms with Crippen molar-refractivity contribution in [2.75, 3.05) is 7.05 Å². The quantitative estimate of drug-likeness (QED) is 0.518. The maximum atomic E-state index is 5.43. The van der Waals surface area contributed by atoms with E-state index >= 15 is 0 Å². The summed E-state index contributed by atoms with van der Waals surface area (Å²) in [5.41, 5.74) is 2.90. The van der Waals surface area contributed by atoms with Crippen LogP contribution in [0.1, 0.15) is 25.7 Å². The molecule has 0 aromatic carbocycles. The maximum absolute atomic E-state index is 5.43. The van der Waals surface area contributed by atoms with E-state index in [9.17, 15) is 0 Å². The Morgan fingerprint density at radius 1 is 1.15 bits per heavy atom. The van der Waals surface area contributed by atoms with Crippen LogP contribution in [-0.2, 0) is 0 Å². The number of hydrogen-bond donors (Lipinski definition) is 2. The average Bonchev–Trinajstić information content (AvgIpc) is 2.26. The van der Waals surface area contributed by atoms with Gasteiger partial charge in [-0.2, -0.15) is 0 Å². The lowest BCUT2D eigenvalue weighted by atomic mass is 9.99. The summed E-state index contributed by atoms with van der Waals surface area (Å²) >= 11 is 0. The van der Waals surface area contributed by atoms with Gasteiger partial charge >= 0.3 is 0 Å². The zero-order valence-electron chi connectivity index (χ0n) is 7.90. The molecule has 0 aliphatic carbocycles. The molecule has 0 amide bonds. The Kier molecular flexibility index (Phi) is 5.56. The third-order valence-electron chi connectivity index (χ3n) is 3.33. The zero-order chi connectivity index (χ0) is 7.84. The highest BCUT2D eigenvalue weighted by Gasteiger charge is 2.37. The van der Waals surface area contributed by atoms with Gasteiger partial charge in [0.15, 0.2) is 0 Å². The second-order valence-corrected chi connectivity index (χ2v) is 3.89. The molecule has 80 valence electrons. The van der Waals surface area contributed by atoms with Gasteiger partial charge < -0.3 is 4.90 Å². The van der Waals surface area contributed by atoms with Crippen LogP contribution < -0.4 is 11.3 Å². The van der Waals surface area contributed by atoms with Crippen LogP contribution in [0.15, 0.2) is 0 Å². The van der Waals surface area contributed by atoms with E-state index in [4.69, 9.17) is 5.84 Å². The molecule has 2 saturated heterocycles. The Morgan fingerprint density at radius 3 is 2.00 bits per heavy atom. The molecule has 2 aliphatic heterocycles. The standard InChI is InChI=1S/C8H17N3.2ClH/c1-11-7-2-3-8(11)5-6(4-7)10-9;;/h6-8,10H,2-5,9H2,1H3;2*1H. The lowest BCUT2D eigenvalue weighted by molar-refractivity contribution is 0.149. The molecular formula is C8H19Cl2N3. The number of rotatable bonds is 1. The molecule has 2 aliphatic rings. The normalized spacial score (nSPS) is 37.8. The van der Waals surface area contributed by atoms with Crippen molar-refractivity contribution in [3.63, 3.8) is 0 Å². The third kappa shape index (κ3) is 2.48. The highest BCUT2D eigenvalue weighted by molar-refractivity contribution is 5.85. The largest absolute Gasteiger partial charge is 0.300 e. The molecule has 0 saturated carbocycles. The van der Waals surface area contributed by atoms with Gasteiger partial charge in [0.25, 0.3) is 0 Å². The predicted molar refractivity (Wildman–Crippen MR) is 59.4 cm³/mol. The molecule has 0 radical (unpaired) electrons. The van der Waals surface area contributed by atoms with E-state index < -0.39 is 0 Å². The van der Waals surface area contributed by atoms with Gasteiger partial charge in [-0.1, -0.05) is 0 Å². The smallest absolute Gasteiger partial charge is 0.0240 e. The van der Waals surface area contributed by atoms with E-state index in [-0.39, 0.29) is 24.8 Å². The second-order valence-electron chi connectivity index (χ2n) is 3.89. The van der Waals surface area contributed by atoms with E-state index in [2.05, 4.69) is 17.4 Å². The fourth-order valence-corrected chi connectivity index (χ4v) is 2.55. The summed E-state index contributed by atoms with van der Waals surface area (Å²) in [6, 6.07) is 2.17. The number of hydrazine groups is 1. The summed E-state index contributed by atoms with van der Waals surface area (Å²) in [5, 5.41) is 0. The van der Waals surface area contributed by atoms with Gasteiger partial charge in [-0.15, -0.1) is 24.8 Å². The Labute approximate surface area is 92.2 Å². The van der Waals surface area contributed by atoms with Gasteiger partial charge in [-0.05, 0) is 32.7 Å². The summed E-state index contributed by atoms with van der Waals surface area (Å²) in [6.07, 6.45) is 5.23. The minimum absolute atomic E-state index is 0. The SMILES string of the molecule is CN1C2CCC1CC(NN)C2.Cl.Cl. The number of fused-ring (bicyclic) bond motifs is 2. The van der Waals surface area contributed by atoms with Crippen molar-refractivity contribution in [1.29, 1.82) is 0 Å². The molecule has 0 aromatic heterocycles. The molecule has 3 N–H and O–H groups in total. The minimum Gasteiger partial charge on any atom is -0.300 e. The van der Waals surface area contributed by atoms with Crippen molar-refractivity contribution in [3.8, 4) is 0 Å². The van der Waals surface area contributed by atoms with Crippen LogP contribution in [0.4, 0.5) is 0 Å². The fourth-order valence-electron chi connectivity index (χ4n) is 2.55. The average molecular weight is 228 g/mol. The van der Waals surface area contributed by atoms with Gasteiger partial charge in [0.1, 0.15) is 0 Å². The first-order valence-electron chi connectivity index (χ1n) is 4.49. The van der Waals surface area contributed by atoms with Crippen LogP contribution in [0.5, 0.6) is 0 Å². The van der Waals surface area contributed by atoms with Gasteiger partial charge in [0, 0.05) is 18.1 Å². The van der Waals surface area contributed by atoms with E-state index in [1.165, 1.54) is 25.7 Å². The zero-order valence-corrected chi connectivity index (χ0v) is 9.53. The number of hydrogen-bond acceptors (Lipinski definition) is 3. The first-order valence-corrected chi connectivity index (χ1v) is 4.49. The molecule has 2 fully saturated rings. The van der Waals surface area contributed by atoms with E-state index in [1.54, 1.807) is 0 Å². The van der Waals surface area contributed by atoms with Crippen molar-refractivity contribution in [2.24, 2.45) is 5.84 Å². The predicted octanol–water partition coefficient (Wildman–Crippen LogP) is 0.918. The van der Waals surface area contributed by atoms with E-state index in [0.29, 0.717) is 6.04 Å². The molecule has 13 heavy (non-hydrogen) atoms. The highest BCUT2D eigenvalue weighted by atomic mass is 35.5. The van der Waals surface area contributed by atoms with Crippen LogP contribution in [0.25, 0.3) is 0 Å². The number of nitrogens with one attached hydrogen (secondary N) is 1. The molecular weight excluding hydrogens is 209 g/mol. The molecule has 2 rings (SSSR count). The molecule has 2 bridgehead atoms. The molecule has 3 nitrogen and oxygen atoms in total. The first kappa shape index (κ1) is 13.5. The summed E-state index contributed by atoms with van der Waals surface area (Å²) in [6.45, 7) is 0. The van der Waals surface area contributed by atoms with Gasteiger partial charge in [0.05, 0.1) is 0 Å². The number of nitrogens with zero attached hydrogens (tertiary/aromatic N) is 1. The lowest BCUT2D eigenvalue weighted by Gasteiger charge is -2.35. The Bertz CT molecular complexity index is 142. The van der Waals surface area contributed by atoms with Gasteiger partial charge in [-0.25, -0.2) is 0 Å². The third-order valence-corrected chi connectivity index (χ3v) is 3.33. The van der Waals surface area contributed by atoms with E-state index in [0.717, 1.165) is 12.1 Å². The van der Waals surface area contributed by atoms with Gasteiger partial charge in [0.2, 0.25) is 0 Å².